The van der Waals surface area contributed by atoms with E-state index in [0.29, 0.717) is 0 Å². The van der Waals surface area contributed by atoms with Crippen molar-refractivity contribution >= 4 is 12.0 Å². The van der Waals surface area contributed by atoms with Gasteiger partial charge in [-0.3, -0.25) is 0 Å². The first-order chi connectivity index (χ1) is 8.74. The Morgan fingerprint density at radius 3 is 2.50 bits per heavy atom. The van der Waals surface area contributed by atoms with E-state index < -0.39 is 0 Å². The van der Waals surface area contributed by atoms with Crippen molar-refractivity contribution in [1.82, 2.24) is 0 Å². The molecule has 0 amide bonds. The monoisotopic (exact) mass is 244 g/mol. The fourth-order valence-electron chi connectivity index (χ4n) is 2.28. The highest BCUT2D eigenvalue weighted by Crippen LogP contribution is 2.25. The van der Waals surface area contributed by atoms with Crippen LogP contribution in [-0.4, -0.2) is 12.1 Å². The van der Waals surface area contributed by atoms with E-state index in [-0.39, 0.29) is 12.1 Å². The highest BCUT2D eigenvalue weighted by Gasteiger charge is 2.20. The molecule has 2 rings (SSSR count). The molecular formula is C16H20O2. The summed E-state index contributed by atoms with van der Waals surface area (Å²) in [6.45, 7) is 2.26. The lowest BCUT2D eigenvalue weighted by atomic mass is 9.89. The van der Waals surface area contributed by atoms with Crippen molar-refractivity contribution in [2.24, 2.45) is 5.92 Å². The summed E-state index contributed by atoms with van der Waals surface area (Å²) in [5.74, 6) is 0.554. The molecule has 0 radical (unpaired) electrons. The summed E-state index contributed by atoms with van der Waals surface area (Å²) in [5.41, 5.74) is 1.02. The summed E-state index contributed by atoms with van der Waals surface area (Å²) in [7, 11) is 0. The third-order valence-electron chi connectivity index (χ3n) is 3.46. The molecule has 0 atom stereocenters. The lowest BCUT2D eigenvalue weighted by molar-refractivity contribution is -0.144. The molecule has 2 nitrogen and oxygen atoms in total. The Balaban J connectivity index is 1.80. The zero-order valence-electron chi connectivity index (χ0n) is 10.8. The van der Waals surface area contributed by atoms with E-state index in [2.05, 4.69) is 6.92 Å². The minimum atomic E-state index is -0.224. The fourth-order valence-corrected chi connectivity index (χ4v) is 2.28. The SMILES string of the molecule is CC1CCC(OC(=O)/C=C/c2ccccc2)CC1. The molecule has 1 aromatic rings. The molecule has 1 aromatic carbocycles. The Labute approximate surface area is 109 Å². The molecule has 1 fully saturated rings. The lowest BCUT2D eigenvalue weighted by Crippen LogP contribution is -2.22. The van der Waals surface area contributed by atoms with Gasteiger partial charge in [0.15, 0.2) is 0 Å². The van der Waals surface area contributed by atoms with Gasteiger partial charge in [-0.1, -0.05) is 37.3 Å². The fraction of sp³-hybridized carbons (Fsp3) is 0.438. The second kappa shape index (κ2) is 6.39. The van der Waals surface area contributed by atoms with Gasteiger partial charge in [-0.05, 0) is 43.2 Å². The van der Waals surface area contributed by atoms with Gasteiger partial charge in [0.25, 0.3) is 0 Å². The number of carbonyl (C=O) groups is 1. The number of carbonyl (C=O) groups excluding carboxylic acids is 1. The average molecular weight is 244 g/mol. The maximum absolute atomic E-state index is 11.7. The van der Waals surface area contributed by atoms with Crippen LogP contribution in [0.5, 0.6) is 0 Å². The zero-order valence-corrected chi connectivity index (χ0v) is 10.8. The highest BCUT2D eigenvalue weighted by molar-refractivity contribution is 5.87. The van der Waals surface area contributed by atoms with Gasteiger partial charge in [-0.2, -0.15) is 0 Å². The first-order valence-electron chi connectivity index (χ1n) is 6.68. The van der Waals surface area contributed by atoms with Crippen molar-refractivity contribution in [3.8, 4) is 0 Å². The average Bonchev–Trinajstić information content (AvgIpc) is 2.40. The molecule has 1 saturated carbocycles. The Morgan fingerprint density at radius 2 is 1.83 bits per heavy atom. The number of esters is 1. The summed E-state index contributed by atoms with van der Waals surface area (Å²) >= 11 is 0. The van der Waals surface area contributed by atoms with Crippen LogP contribution in [0.1, 0.15) is 38.2 Å². The van der Waals surface area contributed by atoms with Crippen LogP contribution in [0.15, 0.2) is 36.4 Å². The van der Waals surface area contributed by atoms with Crippen molar-refractivity contribution in [3.63, 3.8) is 0 Å². The van der Waals surface area contributed by atoms with E-state index in [0.717, 1.165) is 24.3 Å². The zero-order chi connectivity index (χ0) is 12.8. The molecule has 1 aliphatic rings. The van der Waals surface area contributed by atoms with E-state index in [4.69, 9.17) is 4.74 Å². The smallest absolute Gasteiger partial charge is 0.331 e. The predicted molar refractivity (Wildman–Crippen MR) is 73.0 cm³/mol. The second-order valence-corrected chi connectivity index (χ2v) is 5.06. The molecule has 1 aliphatic carbocycles. The number of benzene rings is 1. The van der Waals surface area contributed by atoms with Crippen LogP contribution in [0.3, 0.4) is 0 Å². The molecule has 18 heavy (non-hydrogen) atoms. The van der Waals surface area contributed by atoms with Crippen LogP contribution >= 0.6 is 0 Å². The maximum atomic E-state index is 11.7. The van der Waals surface area contributed by atoms with Gasteiger partial charge in [0, 0.05) is 6.08 Å². The number of hydrogen-bond acceptors (Lipinski definition) is 2. The summed E-state index contributed by atoms with van der Waals surface area (Å²) in [4.78, 5) is 11.7. The molecule has 2 heteroatoms. The van der Waals surface area contributed by atoms with Gasteiger partial charge in [-0.25, -0.2) is 4.79 Å². The summed E-state index contributed by atoms with van der Waals surface area (Å²) < 4.78 is 5.44. The van der Waals surface area contributed by atoms with Crippen LogP contribution in [-0.2, 0) is 9.53 Å². The standard InChI is InChI=1S/C16H20O2/c1-13-7-10-15(11-8-13)18-16(17)12-9-14-5-3-2-4-6-14/h2-6,9,12-13,15H,7-8,10-11H2,1H3/b12-9+. The predicted octanol–water partition coefficient (Wildman–Crippen LogP) is 3.82. The van der Waals surface area contributed by atoms with Gasteiger partial charge >= 0.3 is 5.97 Å². The molecule has 0 aliphatic heterocycles. The number of hydrogen-bond donors (Lipinski definition) is 0. The van der Waals surface area contributed by atoms with Crippen molar-refractivity contribution < 1.29 is 9.53 Å². The molecule has 0 aromatic heterocycles. The minimum Gasteiger partial charge on any atom is -0.459 e. The summed E-state index contributed by atoms with van der Waals surface area (Å²) in [5, 5.41) is 0. The van der Waals surface area contributed by atoms with Gasteiger partial charge in [-0.15, -0.1) is 0 Å². The quantitative estimate of drug-likeness (QED) is 0.597. The Bertz CT molecular complexity index is 400. The van der Waals surface area contributed by atoms with Gasteiger partial charge in [0.1, 0.15) is 6.10 Å². The Morgan fingerprint density at radius 1 is 1.17 bits per heavy atom. The van der Waals surface area contributed by atoms with Crippen LogP contribution < -0.4 is 0 Å². The van der Waals surface area contributed by atoms with Crippen LogP contribution in [0.2, 0.25) is 0 Å². The molecule has 0 unspecified atom stereocenters. The largest absolute Gasteiger partial charge is 0.459 e. The van der Waals surface area contributed by atoms with Crippen LogP contribution in [0.4, 0.5) is 0 Å². The van der Waals surface area contributed by atoms with E-state index >= 15 is 0 Å². The Kier molecular flexibility index (Phi) is 4.57. The molecule has 0 heterocycles. The molecule has 0 spiro atoms. The van der Waals surface area contributed by atoms with Gasteiger partial charge in [0.2, 0.25) is 0 Å². The molecular weight excluding hydrogens is 224 g/mol. The van der Waals surface area contributed by atoms with Crippen molar-refractivity contribution in [1.29, 1.82) is 0 Å². The molecule has 0 N–H and O–H groups in total. The van der Waals surface area contributed by atoms with Crippen LogP contribution in [0, 0.1) is 5.92 Å². The topological polar surface area (TPSA) is 26.3 Å². The van der Waals surface area contributed by atoms with Crippen molar-refractivity contribution in [2.45, 2.75) is 38.7 Å². The number of rotatable bonds is 3. The van der Waals surface area contributed by atoms with E-state index in [9.17, 15) is 4.79 Å². The van der Waals surface area contributed by atoms with Crippen molar-refractivity contribution in [3.05, 3.63) is 42.0 Å². The normalized spacial score (nSPS) is 24.1. The lowest BCUT2D eigenvalue weighted by Gasteiger charge is -2.25. The first kappa shape index (κ1) is 12.9. The molecule has 0 bridgehead atoms. The first-order valence-corrected chi connectivity index (χ1v) is 6.68. The summed E-state index contributed by atoms with van der Waals surface area (Å²) in [6.07, 6.45) is 7.79. The van der Waals surface area contributed by atoms with E-state index in [1.54, 1.807) is 6.08 Å². The van der Waals surface area contributed by atoms with Crippen molar-refractivity contribution in [2.75, 3.05) is 0 Å². The molecule has 96 valence electrons. The maximum Gasteiger partial charge on any atom is 0.331 e. The van der Waals surface area contributed by atoms with Crippen LogP contribution in [0.25, 0.3) is 6.08 Å². The van der Waals surface area contributed by atoms with Gasteiger partial charge < -0.3 is 4.74 Å². The van der Waals surface area contributed by atoms with E-state index in [1.165, 1.54) is 18.9 Å². The third-order valence-corrected chi connectivity index (χ3v) is 3.46. The number of ether oxygens (including phenoxy) is 1. The van der Waals surface area contributed by atoms with Gasteiger partial charge in [0.05, 0.1) is 0 Å². The minimum absolute atomic E-state index is 0.120. The Hall–Kier alpha value is -1.57. The molecule has 0 saturated heterocycles. The summed E-state index contributed by atoms with van der Waals surface area (Å²) in [6, 6.07) is 9.79. The third kappa shape index (κ3) is 4.02. The van der Waals surface area contributed by atoms with E-state index in [1.807, 2.05) is 30.3 Å². The second-order valence-electron chi connectivity index (χ2n) is 5.06. The highest BCUT2D eigenvalue weighted by atomic mass is 16.5.